The number of alkyl halides is 1. The first-order valence-electron chi connectivity index (χ1n) is 6.04. The number of rotatable bonds is 0. The molecule has 0 unspecified atom stereocenters. The second kappa shape index (κ2) is 3.90. The smallest absolute Gasteiger partial charge is 0.410 e. The lowest BCUT2D eigenvalue weighted by Crippen LogP contribution is -2.50. The maximum absolute atomic E-state index is 13.7. The van der Waals surface area contributed by atoms with E-state index in [4.69, 9.17) is 4.74 Å². The van der Waals surface area contributed by atoms with Crippen LogP contribution >= 0.6 is 0 Å². The highest BCUT2D eigenvalue weighted by molar-refractivity contribution is 5.69. The van der Waals surface area contributed by atoms with Gasteiger partial charge in [0.2, 0.25) is 0 Å². The first-order chi connectivity index (χ1) is 7.38. The molecule has 3 atom stereocenters. The zero-order valence-corrected chi connectivity index (χ0v) is 10.2. The van der Waals surface area contributed by atoms with Crippen LogP contribution in [0.1, 0.15) is 46.5 Å². The average molecular weight is 229 g/mol. The molecular weight excluding hydrogens is 209 g/mol. The number of fused-ring (bicyclic) bond motifs is 2. The van der Waals surface area contributed by atoms with Crippen molar-refractivity contribution >= 4 is 6.09 Å². The number of carbonyl (C=O) groups excluding carboxylic acids is 1. The van der Waals surface area contributed by atoms with Gasteiger partial charge < -0.3 is 4.74 Å². The third kappa shape index (κ3) is 2.15. The molecule has 2 saturated heterocycles. The second-order valence-corrected chi connectivity index (χ2v) is 5.78. The van der Waals surface area contributed by atoms with Crippen molar-refractivity contribution in [2.75, 3.05) is 0 Å². The molecule has 1 amide bonds. The van der Waals surface area contributed by atoms with Crippen molar-refractivity contribution in [3.05, 3.63) is 0 Å². The van der Waals surface area contributed by atoms with E-state index in [-0.39, 0.29) is 18.2 Å². The lowest BCUT2D eigenvalue weighted by atomic mass is 10.0. The average Bonchev–Trinajstić information content (AvgIpc) is 2.46. The SMILES string of the molecule is CC(C)(C)OC(=O)N1[C@@H]2CC[C@@H]1[C@@H](F)CC2. The lowest BCUT2D eigenvalue weighted by Gasteiger charge is -2.37. The summed E-state index contributed by atoms with van der Waals surface area (Å²) >= 11 is 0. The molecule has 2 heterocycles. The fourth-order valence-corrected chi connectivity index (χ4v) is 2.69. The summed E-state index contributed by atoms with van der Waals surface area (Å²) in [6, 6.07) is -0.0413. The molecule has 2 rings (SSSR count). The van der Waals surface area contributed by atoms with Gasteiger partial charge in [0, 0.05) is 6.04 Å². The van der Waals surface area contributed by atoms with Crippen molar-refractivity contribution in [3.63, 3.8) is 0 Å². The highest BCUT2D eigenvalue weighted by Crippen LogP contribution is 2.38. The molecule has 0 aromatic heterocycles. The van der Waals surface area contributed by atoms with Crippen LogP contribution in [0.3, 0.4) is 0 Å². The standard InChI is InChI=1S/C12H20FNO2/c1-12(2,3)16-11(15)14-8-4-6-9(13)10(14)7-5-8/h8-10H,4-7H2,1-3H3/t8-,9-,10+/m0/s1. The lowest BCUT2D eigenvalue weighted by molar-refractivity contribution is -0.00590. The fourth-order valence-electron chi connectivity index (χ4n) is 2.69. The van der Waals surface area contributed by atoms with Crippen molar-refractivity contribution in [3.8, 4) is 0 Å². The van der Waals surface area contributed by atoms with Gasteiger partial charge in [-0.15, -0.1) is 0 Å². The van der Waals surface area contributed by atoms with Crippen molar-refractivity contribution in [1.82, 2.24) is 4.90 Å². The Balaban J connectivity index is 2.07. The molecule has 0 N–H and O–H groups in total. The molecule has 0 radical (unpaired) electrons. The van der Waals surface area contributed by atoms with E-state index in [0.717, 1.165) is 19.3 Å². The van der Waals surface area contributed by atoms with E-state index in [0.29, 0.717) is 6.42 Å². The molecule has 0 aliphatic carbocycles. The van der Waals surface area contributed by atoms with Crippen LogP contribution in [-0.2, 0) is 4.74 Å². The molecule has 0 aromatic rings. The summed E-state index contributed by atoms with van der Waals surface area (Å²) < 4.78 is 19.0. The van der Waals surface area contributed by atoms with E-state index in [1.165, 1.54) is 0 Å². The van der Waals surface area contributed by atoms with Crippen molar-refractivity contribution < 1.29 is 13.9 Å². The minimum Gasteiger partial charge on any atom is -0.444 e. The highest BCUT2D eigenvalue weighted by atomic mass is 19.1. The van der Waals surface area contributed by atoms with Crippen LogP contribution in [0.5, 0.6) is 0 Å². The first kappa shape index (κ1) is 11.7. The van der Waals surface area contributed by atoms with Crippen LogP contribution < -0.4 is 0 Å². The quantitative estimate of drug-likeness (QED) is 0.639. The van der Waals surface area contributed by atoms with Crippen molar-refractivity contribution in [1.29, 1.82) is 0 Å². The molecule has 0 spiro atoms. The first-order valence-corrected chi connectivity index (χ1v) is 6.04. The summed E-state index contributed by atoms with van der Waals surface area (Å²) in [5.74, 6) is 0. The van der Waals surface area contributed by atoms with Crippen molar-refractivity contribution in [2.24, 2.45) is 0 Å². The van der Waals surface area contributed by atoms with Gasteiger partial charge in [0.05, 0.1) is 6.04 Å². The maximum atomic E-state index is 13.7. The van der Waals surface area contributed by atoms with Gasteiger partial charge in [0.15, 0.2) is 0 Å². The largest absolute Gasteiger partial charge is 0.444 e. The zero-order valence-electron chi connectivity index (χ0n) is 10.2. The van der Waals surface area contributed by atoms with E-state index in [1.54, 1.807) is 4.90 Å². The van der Waals surface area contributed by atoms with Gasteiger partial charge in [0.25, 0.3) is 0 Å². The molecule has 92 valence electrons. The Bertz CT molecular complexity index is 287. The summed E-state index contributed by atoms with van der Waals surface area (Å²) in [6.07, 6.45) is 1.86. The van der Waals surface area contributed by atoms with Gasteiger partial charge in [-0.2, -0.15) is 0 Å². The van der Waals surface area contributed by atoms with Crippen LogP contribution in [-0.4, -0.2) is 34.8 Å². The zero-order chi connectivity index (χ0) is 11.9. The maximum Gasteiger partial charge on any atom is 0.410 e. The number of ether oxygens (including phenoxy) is 1. The molecular formula is C12H20FNO2. The minimum absolute atomic E-state index is 0.201. The molecule has 0 aromatic carbocycles. The number of hydrogen-bond acceptors (Lipinski definition) is 2. The van der Waals surface area contributed by atoms with Crippen LogP contribution in [0, 0.1) is 0 Å². The molecule has 3 nitrogen and oxygen atoms in total. The van der Waals surface area contributed by atoms with Crippen LogP contribution in [0.4, 0.5) is 9.18 Å². The van der Waals surface area contributed by atoms with Crippen LogP contribution in [0.2, 0.25) is 0 Å². The summed E-state index contributed by atoms with van der Waals surface area (Å²) in [5.41, 5.74) is -0.500. The van der Waals surface area contributed by atoms with E-state index < -0.39 is 11.8 Å². The van der Waals surface area contributed by atoms with Gasteiger partial charge in [-0.1, -0.05) is 0 Å². The fraction of sp³-hybridized carbons (Fsp3) is 0.917. The second-order valence-electron chi connectivity index (χ2n) is 5.78. The molecule has 0 saturated carbocycles. The Hall–Kier alpha value is -0.800. The van der Waals surface area contributed by atoms with E-state index >= 15 is 0 Å². The van der Waals surface area contributed by atoms with Gasteiger partial charge in [-0.05, 0) is 46.5 Å². The Morgan fingerprint density at radius 2 is 1.88 bits per heavy atom. The number of hydrogen-bond donors (Lipinski definition) is 0. The molecule has 16 heavy (non-hydrogen) atoms. The number of amides is 1. The highest BCUT2D eigenvalue weighted by Gasteiger charge is 2.46. The predicted molar refractivity (Wildman–Crippen MR) is 59.0 cm³/mol. The van der Waals surface area contributed by atoms with Gasteiger partial charge in [-0.25, -0.2) is 9.18 Å². The molecule has 2 fully saturated rings. The van der Waals surface area contributed by atoms with Gasteiger partial charge in [0.1, 0.15) is 11.8 Å². The van der Waals surface area contributed by atoms with Crippen LogP contribution in [0.15, 0.2) is 0 Å². The van der Waals surface area contributed by atoms with E-state index in [1.807, 2.05) is 20.8 Å². The summed E-state index contributed by atoms with van der Waals surface area (Å²) in [5, 5.41) is 0. The summed E-state index contributed by atoms with van der Waals surface area (Å²) in [7, 11) is 0. The monoisotopic (exact) mass is 229 g/mol. The number of carbonyl (C=O) groups is 1. The Morgan fingerprint density at radius 1 is 1.25 bits per heavy atom. The molecule has 4 heteroatoms. The molecule has 2 aliphatic rings. The number of halogens is 1. The number of nitrogens with zero attached hydrogens (tertiary/aromatic N) is 1. The Kier molecular flexibility index (Phi) is 2.84. The Labute approximate surface area is 95.9 Å². The van der Waals surface area contributed by atoms with E-state index in [9.17, 15) is 9.18 Å². The van der Waals surface area contributed by atoms with Crippen LogP contribution in [0.25, 0.3) is 0 Å². The molecule has 2 aliphatic heterocycles. The third-order valence-electron chi connectivity index (χ3n) is 3.34. The summed E-state index contributed by atoms with van der Waals surface area (Å²) in [4.78, 5) is 13.6. The Morgan fingerprint density at radius 3 is 2.50 bits per heavy atom. The third-order valence-corrected chi connectivity index (χ3v) is 3.34. The topological polar surface area (TPSA) is 29.5 Å². The number of piperidine rings is 1. The summed E-state index contributed by atoms with van der Waals surface area (Å²) in [6.45, 7) is 5.51. The minimum atomic E-state index is -0.869. The van der Waals surface area contributed by atoms with Crippen molar-refractivity contribution in [2.45, 2.75) is 70.3 Å². The molecule has 2 bridgehead atoms. The predicted octanol–water partition coefficient (Wildman–Crippen LogP) is 2.89. The van der Waals surface area contributed by atoms with E-state index in [2.05, 4.69) is 0 Å². The van der Waals surface area contributed by atoms with Gasteiger partial charge in [-0.3, -0.25) is 4.90 Å². The van der Waals surface area contributed by atoms with Gasteiger partial charge >= 0.3 is 6.09 Å². The normalized spacial score (nSPS) is 34.0.